The Bertz CT molecular complexity index is 481. The molecule has 2 rings (SSSR count). The number of carbonyl (C=O) groups is 1. The highest BCUT2D eigenvalue weighted by Crippen LogP contribution is 2.29. The zero-order valence-electron chi connectivity index (χ0n) is 9.56. The van der Waals surface area contributed by atoms with Crippen LogP contribution < -0.4 is 0 Å². The summed E-state index contributed by atoms with van der Waals surface area (Å²) in [5.74, 6) is -0.131. The van der Waals surface area contributed by atoms with Gasteiger partial charge in [-0.3, -0.25) is 4.79 Å². The SMILES string of the molecule is CC(c1cccc(Cl)c1)N1CC(C#N)CC1=O. The van der Waals surface area contributed by atoms with Crippen LogP contribution in [0.2, 0.25) is 5.02 Å². The molecule has 0 radical (unpaired) electrons. The number of halogens is 1. The second-order valence-electron chi connectivity index (χ2n) is 4.31. The molecule has 4 heteroatoms. The van der Waals surface area contributed by atoms with E-state index < -0.39 is 0 Å². The van der Waals surface area contributed by atoms with Gasteiger partial charge in [0.05, 0.1) is 18.0 Å². The van der Waals surface area contributed by atoms with E-state index in [-0.39, 0.29) is 17.9 Å². The highest BCUT2D eigenvalue weighted by molar-refractivity contribution is 6.30. The average Bonchev–Trinajstić information content (AvgIpc) is 2.69. The fraction of sp³-hybridized carbons (Fsp3) is 0.385. The number of rotatable bonds is 2. The quantitative estimate of drug-likeness (QED) is 0.808. The van der Waals surface area contributed by atoms with Crippen LogP contribution in [-0.4, -0.2) is 17.4 Å². The minimum Gasteiger partial charge on any atom is -0.335 e. The zero-order chi connectivity index (χ0) is 12.4. The van der Waals surface area contributed by atoms with E-state index in [4.69, 9.17) is 16.9 Å². The molecule has 0 saturated carbocycles. The Labute approximate surface area is 106 Å². The molecule has 0 aliphatic carbocycles. The van der Waals surface area contributed by atoms with E-state index in [1.54, 1.807) is 4.90 Å². The number of hydrogen-bond acceptors (Lipinski definition) is 2. The summed E-state index contributed by atoms with van der Waals surface area (Å²) in [6, 6.07) is 9.61. The third-order valence-electron chi connectivity index (χ3n) is 3.14. The number of likely N-dealkylation sites (tertiary alicyclic amines) is 1. The van der Waals surface area contributed by atoms with Crippen molar-refractivity contribution in [1.29, 1.82) is 5.26 Å². The molecular weight excluding hydrogens is 236 g/mol. The minimum absolute atomic E-state index is 0.0282. The number of amides is 1. The smallest absolute Gasteiger partial charge is 0.224 e. The maximum atomic E-state index is 11.8. The van der Waals surface area contributed by atoms with Gasteiger partial charge in [0.15, 0.2) is 0 Å². The summed E-state index contributed by atoms with van der Waals surface area (Å²) in [5, 5.41) is 9.51. The topological polar surface area (TPSA) is 44.1 Å². The zero-order valence-corrected chi connectivity index (χ0v) is 10.3. The molecule has 88 valence electrons. The van der Waals surface area contributed by atoms with E-state index in [1.807, 2.05) is 31.2 Å². The second-order valence-corrected chi connectivity index (χ2v) is 4.74. The summed E-state index contributed by atoms with van der Waals surface area (Å²) in [6.07, 6.45) is 0.335. The van der Waals surface area contributed by atoms with Gasteiger partial charge in [-0.2, -0.15) is 5.26 Å². The van der Waals surface area contributed by atoms with Crippen LogP contribution in [0.3, 0.4) is 0 Å². The number of nitrogens with zero attached hydrogens (tertiary/aromatic N) is 2. The highest BCUT2D eigenvalue weighted by atomic mass is 35.5. The Balaban J connectivity index is 2.19. The average molecular weight is 249 g/mol. The van der Waals surface area contributed by atoms with Gasteiger partial charge in [-0.1, -0.05) is 23.7 Å². The van der Waals surface area contributed by atoms with E-state index >= 15 is 0 Å². The number of nitriles is 1. The van der Waals surface area contributed by atoms with Crippen LogP contribution in [0, 0.1) is 17.2 Å². The molecule has 1 aliphatic heterocycles. The maximum absolute atomic E-state index is 11.8. The molecule has 1 heterocycles. The van der Waals surface area contributed by atoms with Crippen LogP contribution in [-0.2, 0) is 4.79 Å². The molecule has 1 aromatic carbocycles. The third kappa shape index (κ3) is 2.42. The Morgan fingerprint density at radius 1 is 1.59 bits per heavy atom. The van der Waals surface area contributed by atoms with Gasteiger partial charge in [-0.05, 0) is 24.6 Å². The lowest BCUT2D eigenvalue weighted by atomic mass is 10.1. The molecule has 2 atom stereocenters. The summed E-state index contributed by atoms with van der Waals surface area (Å²) in [6.45, 7) is 2.48. The lowest BCUT2D eigenvalue weighted by Crippen LogP contribution is -2.28. The van der Waals surface area contributed by atoms with E-state index in [1.165, 1.54) is 0 Å². The molecular formula is C13H13ClN2O. The summed E-state index contributed by atoms with van der Waals surface area (Å²) in [4.78, 5) is 13.5. The van der Waals surface area contributed by atoms with Gasteiger partial charge < -0.3 is 4.90 Å². The molecule has 0 spiro atoms. The fourth-order valence-corrected chi connectivity index (χ4v) is 2.34. The second kappa shape index (κ2) is 4.77. The monoisotopic (exact) mass is 248 g/mol. The van der Waals surface area contributed by atoms with E-state index in [9.17, 15) is 4.79 Å². The van der Waals surface area contributed by atoms with Crippen molar-refractivity contribution in [3.63, 3.8) is 0 Å². The molecule has 17 heavy (non-hydrogen) atoms. The first-order valence-electron chi connectivity index (χ1n) is 5.56. The van der Waals surface area contributed by atoms with Crippen LogP contribution in [0.1, 0.15) is 24.9 Å². The molecule has 0 aromatic heterocycles. The molecule has 3 nitrogen and oxygen atoms in total. The normalized spacial score (nSPS) is 21.4. The first-order valence-corrected chi connectivity index (χ1v) is 5.94. The summed E-state index contributed by atoms with van der Waals surface area (Å²) < 4.78 is 0. The number of hydrogen-bond donors (Lipinski definition) is 0. The van der Waals surface area contributed by atoms with Gasteiger partial charge in [0.1, 0.15) is 0 Å². The van der Waals surface area contributed by atoms with Crippen molar-refractivity contribution in [2.45, 2.75) is 19.4 Å². The van der Waals surface area contributed by atoms with E-state index in [0.29, 0.717) is 18.0 Å². The first kappa shape index (κ1) is 11.9. The Hall–Kier alpha value is -1.53. The third-order valence-corrected chi connectivity index (χ3v) is 3.37. The van der Waals surface area contributed by atoms with Gasteiger partial charge in [0.25, 0.3) is 0 Å². The van der Waals surface area contributed by atoms with Gasteiger partial charge in [0, 0.05) is 18.0 Å². The van der Waals surface area contributed by atoms with Gasteiger partial charge >= 0.3 is 0 Å². The lowest BCUT2D eigenvalue weighted by Gasteiger charge is -2.24. The molecule has 1 saturated heterocycles. The van der Waals surface area contributed by atoms with Gasteiger partial charge in [0.2, 0.25) is 5.91 Å². The van der Waals surface area contributed by atoms with Crippen molar-refractivity contribution < 1.29 is 4.79 Å². The largest absolute Gasteiger partial charge is 0.335 e. The first-order chi connectivity index (χ1) is 8.11. The predicted octanol–water partition coefficient (Wildman–Crippen LogP) is 2.77. The number of benzene rings is 1. The summed E-state index contributed by atoms with van der Waals surface area (Å²) >= 11 is 5.93. The fourth-order valence-electron chi connectivity index (χ4n) is 2.14. The minimum atomic E-state index is -0.177. The molecule has 0 bridgehead atoms. The standard InChI is InChI=1S/C13H13ClN2O/c1-9(11-3-2-4-12(14)6-11)16-8-10(7-15)5-13(16)17/h2-4,6,9-10H,5,8H2,1H3. The van der Waals surface area contributed by atoms with Crippen LogP contribution >= 0.6 is 11.6 Å². The van der Waals surface area contributed by atoms with Crippen LogP contribution in [0.15, 0.2) is 24.3 Å². The van der Waals surface area contributed by atoms with Crippen LogP contribution in [0.5, 0.6) is 0 Å². The van der Waals surface area contributed by atoms with E-state index in [2.05, 4.69) is 6.07 Å². The van der Waals surface area contributed by atoms with Crippen molar-refractivity contribution in [3.8, 4) is 6.07 Å². The lowest BCUT2D eigenvalue weighted by molar-refractivity contribution is -0.129. The van der Waals surface area contributed by atoms with Crippen molar-refractivity contribution in [2.75, 3.05) is 6.54 Å². The molecule has 1 aromatic rings. The Morgan fingerprint density at radius 3 is 2.94 bits per heavy atom. The van der Waals surface area contributed by atoms with Crippen molar-refractivity contribution >= 4 is 17.5 Å². The van der Waals surface area contributed by atoms with Crippen molar-refractivity contribution in [3.05, 3.63) is 34.9 Å². The summed E-state index contributed by atoms with van der Waals surface area (Å²) in [7, 11) is 0. The molecule has 2 unspecified atom stereocenters. The number of carbonyl (C=O) groups excluding carboxylic acids is 1. The molecule has 1 aliphatic rings. The Kier molecular flexibility index (Phi) is 3.35. The maximum Gasteiger partial charge on any atom is 0.224 e. The van der Waals surface area contributed by atoms with Crippen LogP contribution in [0.4, 0.5) is 0 Å². The van der Waals surface area contributed by atoms with Crippen LogP contribution in [0.25, 0.3) is 0 Å². The van der Waals surface area contributed by atoms with Crippen molar-refractivity contribution in [1.82, 2.24) is 4.90 Å². The van der Waals surface area contributed by atoms with E-state index in [0.717, 1.165) is 5.56 Å². The molecule has 0 N–H and O–H groups in total. The molecule has 1 amide bonds. The highest BCUT2D eigenvalue weighted by Gasteiger charge is 2.33. The van der Waals surface area contributed by atoms with Gasteiger partial charge in [-0.15, -0.1) is 0 Å². The predicted molar refractivity (Wildman–Crippen MR) is 65.3 cm³/mol. The molecule has 1 fully saturated rings. The Morgan fingerprint density at radius 2 is 2.35 bits per heavy atom. The van der Waals surface area contributed by atoms with Crippen molar-refractivity contribution in [2.24, 2.45) is 5.92 Å². The summed E-state index contributed by atoms with van der Waals surface area (Å²) in [5.41, 5.74) is 1.00. The van der Waals surface area contributed by atoms with Gasteiger partial charge in [-0.25, -0.2) is 0 Å².